The van der Waals surface area contributed by atoms with Crippen molar-refractivity contribution in [3.8, 4) is 0 Å². The van der Waals surface area contributed by atoms with Crippen LogP contribution in [-0.2, 0) is 4.79 Å². The Bertz CT molecular complexity index is 515. The summed E-state index contributed by atoms with van der Waals surface area (Å²) in [5, 5.41) is 0. The molecular formula is C19H27NO2. The minimum atomic E-state index is -0.404. The Hall–Kier alpha value is -1.64. The number of carbonyl (C=O) groups is 2. The molecule has 1 aliphatic carbocycles. The molecule has 0 spiro atoms. The van der Waals surface area contributed by atoms with Crippen molar-refractivity contribution in [1.82, 2.24) is 4.90 Å². The van der Waals surface area contributed by atoms with E-state index in [0.29, 0.717) is 17.9 Å². The first-order valence-corrected chi connectivity index (χ1v) is 8.35. The summed E-state index contributed by atoms with van der Waals surface area (Å²) in [6.07, 6.45) is 6.66. The molecule has 2 rings (SSSR count). The van der Waals surface area contributed by atoms with Gasteiger partial charge in [0.1, 0.15) is 0 Å². The molecule has 1 unspecified atom stereocenters. The molecule has 0 aromatic heterocycles. The van der Waals surface area contributed by atoms with Crippen LogP contribution in [0.25, 0.3) is 0 Å². The lowest BCUT2D eigenvalue weighted by molar-refractivity contribution is -0.132. The number of hydrogen-bond donors (Lipinski definition) is 0. The number of ketones is 1. The molecule has 1 saturated carbocycles. The van der Waals surface area contributed by atoms with Gasteiger partial charge in [0, 0.05) is 19.0 Å². The fourth-order valence-electron chi connectivity index (χ4n) is 3.13. The van der Waals surface area contributed by atoms with Crippen LogP contribution in [0.5, 0.6) is 0 Å². The quantitative estimate of drug-likeness (QED) is 0.771. The van der Waals surface area contributed by atoms with E-state index in [-0.39, 0.29) is 11.7 Å². The number of hydrogen-bond acceptors (Lipinski definition) is 2. The summed E-state index contributed by atoms with van der Waals surface area (Å²) in [7, 11) is 1.75. The number of amides is 1. The molecule has 1 fully saturated rings. The average Bonchev–Trinajstić information content (AvgIpc) is 2.54. The van der Waals surface area contributed by atoms with Crippen LogP contribution >= 0.6 is 0 Å². The minimum Gasteiger partial charge on any atom is -0.336 e. The molecule has 120 valence electrons. The summed E-state index contributed by atoms with van der Waals surface area (Å²) in [5.41, 5.74) is 1.81. The van der Waals surface area contributed by atoms with Crippen LogP contribution in [0.15, 0.2) is 24.3 Å². The van der Waals surface area contributed by atoms with Gasteiger partial charge in [0.25, 0.3) is 0 Å². The van der Waals surface area contributed by atoms with Crippen molar-refractivity contribution in [3.63, 3.8) is 0 Å². The van der Waals surface area contributed by atoms with Gasteiger partial charge in [-0.05, 0) is 32.6 Å². The molecule has 1 atom stereocenters. The Morgan fingerprint density at radius 1 is 1.14 bits per heavy atom. The van der Waals surface area contributed by atoms with Gasteiger partial charge in [0.15, 0.2) is 5.78 Å². The highest BCUT2D eigenvalue weighted by molar-refractivity contribution is 6.01. The number of carbonyl (C=O) groups excluding carboxylic acids is 2. The van der Waals surface area contributed by atoms with E-state index in [9.17, 15) is 9.59 Å². The molecule has 1 amide bonds. The highest BCUT2D eigenvalue weighted by Crippen LogP contribution is 2.27. The fourth-order valence-corrected chi connectivity index (χ4v) is 3.13. The van der Waals surface area contributed by atoms with Crippen LogP contribution in [0.2, 0.25) is 0 Å². The van der Waals surface area contributed by atoms with Crippen molar-refractivity contribution in [2.24, 2.45) is 5.92 Å². The number of aryl methyl sites for hydroxylation is 1. The van der Waals surface area contributed by atoms with Gasteiger partial charge in [-0.3, -0.25) is 9.59 Å². The van der Waals surface area contributed by atoms with Crippen molar-refractivity contribution in [3.05, 3.63) is 35.4 Å². The maximum absolute atomic E-state index is 12.5. The van der Waals surface area contributed by atoms with Gasteiger partial charge in [-0.15, -0.1) is 0 Å². The summed E-state index contributed by atoms with van der Waals surface area (Å²) in [5.74, 6) is 0.615. The molecule has 1 aromatic carbocycles. The molecule has 0 radical (unpaired) electrons. The highest BCUT2D eigenvalue weighted by Gasteiger charge is 2.26. The monoisotopic (exact) mass is 301 g/mol. The van der Waals surface area contributed by atoms with Gasteiger partial charge in [0.05, 0.1) is 6.04 Å². The number of likely N-dealkylation sites (N-methyl/N-ethyl adjacent to an activating group) is 1. The lowest BCUT2D eigenvalue weighted by Gasteiger charge is -2.27. The van der Waals surface area contributed by atoms with Gasteiger partial charge >= 0.3 is 0 Å². The zero-order valence-electron chi connectivity index (χ0n) is 14.0. The first kappa shape index (κ1) is 16.7. The molecule has 0 heterocycles. The molecule has 1 aliphatic rings. The summed E-state index contributed by atoms with van der Waals surface area (Å²) in [6, 6.07) is 7.15. The molecule has 3 nitrogen and oxygen atoms in total. The largest absolute Gasteiger partial charge is 0.336 e. The molecule has 0 N–H and O–H groups in total. The fraction of sp³-hybridized carbons (Fsp3) is 0.579. The topological polar surface area (TPSA) is 37.4 Å². The van der Waals surface area contributed by atoms with E-state index in [0.717, 1.165) is 18.4 Å². The average molecular weight is 301 g/mol. The molecule has 0 aliphatic heterocycles. The van der Waals surface area contributed by atoms with Crippen molar-refractivity contribution in [2.45, 2.75) is 58.4 Å². The van der Waals surface area contributed by atoms with Crippen LogP contribution < -0.4 is 0 Å². The predicted octanol–water partition coefficient (Wildman–Crippen LogP) is 4.00. The van der Waals surface area contributed by atoms with E-state index in [1.165, 1.54) is 19.3 Å². The Labute approximate surface area is 133 Å². The third-order valence-corrected chi connectivity index (χ3v) is 4.88. The van der Waals surface area contributed by atoms with Gasteiger partial charge in [-0.25, -0.2) is 0 Å². The Morgan fingerprint density at radius 2 is 1.73 bits per heavy atom. The number of rotatable bonds is 5. The maximum atomic E-state index is 12.5. The summed E-state index contributed by atoms with van der Waals surface area (Å²) < 4.78 is 0. The van der Waals surface area contributed by atoms with E-state index in [1.807, 2.05) is 38.1 Å². The molecule has 0 bridgehead atoms. The summed E-state index contributed by atoms with van der Waals surface area (Å²) in [4.78, 5) is 26.5. The third kappa shape index (κ3) is 4.19. The normalized spacial score (nSPS) is 17.0. The zero-order chi connectivity index (χ0) is 16.1. The zero-order valence-corrected chi connectivity index (χ0v) is 14.0. The molecule has 1 aromatic rings. The second kappa shape index (κ2) is 7.57. The van der Waals surface area contributed by atoms with E-state index >= 15 is 0 Å². The second-order valence-electron chi connectivity index (χ2n) is 6.62. The second-order valence-corrected chi connectivity index (χ2v) is 6.62. The van der Waals surface area contributed by atoms with Gasteiger partial charge in [-0.2, -0.15) is 0 Å². The maximum Gasteiger partial charge on any atom is 0.223 e. The van der Waals surface area contributed by atoms with Gasteiger partial charge in [-0.1, -0.05) is 49.1 Å². The Kier molecular flexibility index (Phi) is 5.76. The Morgan fingerprint density at radius 3 is 2.32 bits per heavy atom. The van der Waals surface area contributed by atoms with Crippen LogP contribution in [0.3, 0.4) is 0 Å². The van der Waals surface area contributed by atoms with Crippen LogP contribution in [0.4, 0.5) is 0 Å². The van der Waals surface area contributed by atoms with Crippen molar-refractivity contribution in [1.29, 1.82) is 0 Å². The van der Waals surface area contributed by atoms with Crippen LogP contribution in [0, 0.1) is 12.8 Å². The summed E-state index contributed by atoms with van der Waals surface area (Å²) >= 11 is 0. The lowest BCUT2D eigenvalue weighted by atomic mass is 9.86. The van der Waals surface area contributed by atoms with E-state index in [2.05, 4.69) is 0 Å². The number of benzene rings is 1. The number of nitrogens with zero attached hydrogens (tertiary/aromatic N) is 1. The number of Topliss-reactive ketones (excluding diaryl/α,β-unsaturated/α-hetero) is 1. The Balaban J connectivity index is 1.94. The smallest absolute Gasteiger partial charge is 0.223 e. The molecule has 22 heavy (non-hydrogen) atoms. The molecule has 0 saturated heterocycles. The molecule has 3 heteroatoms. The van der Waals surface area contributed by atoms with E-state index < -0.39 is 6.04 Å². The third-order valence-electron chi connectivity index (χ3n) is 4.88. The van der Waals surface area contributed by atoms with Crippen molar-refractivity contribution < 1.29 is 9.59 Å². The first-order chi connectivity index (χ1) is 10.5. The summed E-state index contributed by atoms with van der Waals surface area (Å²) in [6.45, 7) is 3.82. The van der Waals surface area contributed by atoms with Gasteiger partial charge < -0.3 is 4.90 Å². The highest BCUT2D eigenvalue weighted by atomic mass is 16.2. The van der Waals surface area contributed by atoms with E-state index in [4.69, 9.17) is 0 Å². The van der Waals surface area contributed by atoms with Crippen molar-refractivity contribution >= 4 is 11.7 Å². The molecular weight excluding hydrogens is 274 g/mol. The SMILES string of the molecule is Cc1ccc(C(=O)C(C)N(C)C(=O)CC2CCCCC2)cc1. The first-order valence-electron chi connectivity index (χ1n) is 8.35. The lowest BCUT2D eigenvalue weighted by Crippen LogP contribution is -2.41. The standard InChI is InChI=1S/C19H27NO2/c1-14-9-11-17(12-10-14)19(22)15(2)20(3)18(21)13-16-7-5-4-6-8-16/h9-12,15-16H,4-8,13H2,1-3H3. The van der Waals surface area contributed by atoms with Crippen LogP contribution in [0.1, 0.15) is 61.4 Å². The predicted molar refractivity (Wildman–Crippen MR) is 88.9 cm³/mol. The van der Waals surface area contributed by atoms with E-state index in [1.54, 1.807) is 11.9 Å². The van der Waals surface area contributed by atoms with Crippen molar-refractivity contribution in [2.75, 3.05) is 7.05 Å². The minimum absolute atomic E-state index is 0.0134. The van der Waals surface area contributed by atoms with Crippen LogP contribution in [-0.4, -0.2) is 29.7 Å². The van der Waals surface area contributed by atoms with Gasteiger partial charge in [0.2, 0.25) is 5.91 Å².